The number of allylic oxidation sites excluding steroid dienone is 2. The van der Waals surface area contributed by atoms with Gasteiger partial charge in [-0.05, 0) is 64.5 Å². The molecule has 0 unspecified atom stereocenters. The number of hydrogen-bond acceptors (Lipinski definition) is 4. The van der Waals surface area contributed by atoms with Crippen molar-refractivity contribution in [3.05, 3.63) is 89.7 Å². The molecule has 5 aromatic rings. The summed E-state index contributed by atoms with van der Waals surface area (Å²) in [6.07, 6.45) is 4.91. The van der Waals surface area contributed by atoms with Crippen LogP contribution in [0.1, 0.15) is 78.4 Å². The van der Waals surface area contributed by atoms with Gasteiger partial charge in [-0.2, -0.15) is 11.3 Å². The zero-order chi connectivity index (χ0) is 29.3. The summed E-state index contributed by atoms with van der Waals surface area (Å²) in [5.41, 5.74) is 5.83. The number of ketones is 1. The summed E-state index contributed by atoms with van der Waals surface area (Å²) in [6.45, 7) is 12.7. The summed E-state index contributed by atoms with van der Waals surface area (Å²) in [6, 6.07) is 25.2. The van der Waals surface area contributed by atoms with Crippen molar-refractivity contribution in [1.82, 2.24) is 4.98 Å². The normalized spacial score (nSPS) is 13.7. The van der Waals surface area contributed by atoms with Crippen molar-refractivity contribution in [1.29, 1.82) is 0 Å². The van der Waals surface area contributed by atoms with Crippen LogP contribution in [0.3, 0.4) is 0 Å². The fourth-order valence-electron chi connectivity index (χ4n) is 6.22. The van der Waals surface area contributed by atoms with Crippen molar-refractivity contribution in [2.75, 3.05) is 0 Å². The van der Waals surface area contributed by atoms with Gasteiger partial charge < -0.3 is 5.11 Å². The quantitative estimate of drug-likeness (QED) is 0.102. The van der Waals surface area contributed by atoms with Crippen LogP contribution in [0.4, 0.5) is 0 Å². The van der Waals surface area contributed by atoms with Crippen molar-refractivity contribution in [3.63, 3.8) is 0 Å². The van der Waals surface area contributed by atoms with E-state index in [-0.39, 0.29) is 48.9 Å². The molecule has 1 radical (unpaired) electrons. The third-order valence-corrected chi connectivity index (χ3v) is 9.96. The molecule has 221 valence electrons. The van der Waals surface area contributed by atoms with Crippen LogP contribution < -0.4 is 0 Å². The van der Waals surface area contributed by atoms with E-state index in [9.17, 15) is 9.90 Å². The number of aliphatic hydroxyl groups is 1. The van der Waals surface area contributed by atoms with Crippen LogP contribution >= 0.6 is 11.3 Å². The summed E-state index contributed by atoms with van der Waals surface area (Å²) >= 11 is 1.87. The minimum absolute atomic E-state index is 0. The molecule has 1 aliphatic carbocycles. The molecule has 6 rings (SSSR count). The molecule has 3 aromatic carbocycles. The van der Waals surface area contributed by atoms with Crippen molar-refractivity contribution in [2.24, 2.45) is 11.8 Å². The van der Waals surface area contributed by atoms with Crippen LogP contribution in [0.15, 0.2) is 72.5 Å². The molecule has 1 aliphatic rings. The third-order valence-electron chi connectivity index (χ3n) is 8.84. The molecule has 0 bridgehead atoms. The SMILES string of the molecule is CC1(C)c2cc3ccccc3nc2-c2[c-]ccc3sc4cccc1c4c23.CCC(CC)C(=O)/C=C(\O)C(CC)CC.[Ir]. The molecule has 0 saturated heterocycles. The number of para-hydroxylation sites is 1. The summed E-state index contributed by atoms with van der Waals surface area (Å²) in [7, 11) is 0. The molecule has 0 fully saturated rings. The maximum Gasteiger partial charge on any atom is 0.162 e. The third kappa shape index (κ3) is 5.72. The number of benzene rings is 3. The van der Waals surface area contributed by atoms with Crippen molar-refractivity contribution in [2.45, 2.75) is 72.6 Å². The molecule has 0 saturated carbocycles. The molecule has 42 heavy (non-hydrogen) atoms. The molecule has 5 heteroatoms. The second kappa shape index (κ2) is 13.2. The van der Waals surface area contributed by atoms with Crippen molar-refractivity contribution >= 4 is 48.2 Å². The fourth-order valence-corrected chi connectivity index (χ4v) is 7.36. The second-order valence-electron chi connectivity index (χ2n) is 11.6. The first-order valence-electron chi connectivity index (χ1n) is 15.0. The first-order chi connectivity index (χ1) is 19.7. The van der Waals surface area contributed by atoms with E-state index in [4.69, 9.17) is 4.98 Å². The van der Waals surface area contributed by atoms with Crippen molar-refractivity contribution in [3.8, 4) is 11.3 Å². The number of carbonyl (C=O) groups excluding carboxylic acids is 1. The average molecular weight is 755 g/mol. The number of nitrogens with zero attached hydrogens (tertiary/aromatic N) is 1. The largest absolute Gasteiger partial charge is 0.512 e. The Morgan fingerprint density at radius 2 is 1.57 bits per heavy atom. The Balaban J connectivity index is 0.000000221. The number of aliphatic hydroxyl groups excluding tert-OH is 1. The number of thiophene rings is 1. The van der Waals surface area contributed by atoms with Crippen LogP contribution in [0, 0.1) is 17.9 Å². The molecular formula is C37H40IrNO2S-. The summed E-state index contributed by atoms with van der Waals surface area (Å²) < 4.78 is 2.67. The maximum absolute atomic E-state index is 11.7. The molecule has 0 atom stereocenters. The van der Waals surface area contributed by atoms with Gasteiger partial charge >= 0.3 is 0 Å². The Kier molecular flexibility index (Phi) is 10.1. The number of pyridine rings is 1. The van der Waals surface area contributed by atoms with E-state index in [0.29, 0.717) is 0 Å². The molecule has 1 N–H and O–H groups in total. The van der Waals surface area contributed by atoms with E-state index in [1.807, 2.05) is 45.1 Å². The van der Waals surface area contributed by atoms with Gasteiger partial charge in [0.1, 0.15) is 0 Å². The first-order valence-corrected chi connectivity index (χ1v) is 15.8. The Labute approximate surface area is 267 Å². The van der Waals surface area contributed by atoms with Crippen molar-refractivity contribution < 1.29 is 30.0 Å². The van der Waals surface area contributed by atoms with Crippen LogP contribution in [-0.2, 0) is 30.3 Å². The maximum atomic E-state index is 11.7. The number of fused-ring (bicyclic) bond motifs is 3. The molecular weight excluding hydrogens is 715 g/mol. The summed E-state index contributed by atoms with van der Waals surface area (Å²) in [5, 5.41) is 13.7. The summed E-state index contributed by atoms with van der Waals surface area (Å²) in [4.78, 5) is 16.8. The fraction of sp³-hybridized carbons (Fsp3) is 0.351. The van der Waals surface area contributed by atoms with E-state index in [2.05, 4.69) is 74.5 Å². The Morgan fingerprint density at radius 3 is 2.26 bits per heavy atom. The van der Waals surface area contributed by atoms with E-state index < -0.39 is 0 Å². The number of aromatic nitrogens is 1. The van der Waals surface area contributed by atoms with Crippen LogP contribution in [-0.4, -0.2) is 15.9 Å². The van der Waals surface area contributed by atoms with Gasteiger partial charge in [-0.1, -0.05) is 88.9 Å². The number of rotatable bonds is 7. The van der Waals surface area contributed by atoms with Crippen LogP contribution in [0.25, 0.3) is 42.3 Å². The smallest absolute Gasteiger partial charge is 0.162 e. The molecule has 0 amide bonds. The van der Waals surface area contributed by atoms with E-state index in [1.165, 1.54) is 42.8 Å². The standard InChI is InChI=1S/C24H16NS.C13H24O2.Ir/c1-24(2)16-9-6-12-20-22(16)21-15(8-5-11-19(21)26-20)23-17(24)13-14-7-3-4-10-18(14)25-23;1-5-10(6-2)12(14)9-13(15)11(7-3)8-4;/h3-7,9-13H,1-2H3;9-11,14H,5-8H2,1-4H3;/q-1;;/b;12-9-;. The summed E-state index contributed by atoms with van der Waals surface area (Å²) in [5.74, 6) is 0.547. The number of carbonyl (C=O) groups is 1. The Morgan fingerprint density at radius 1 is 0.905 bits per heavy atom. The minimum atomic E-state index is -0.118. The Bertz CT molecular complexity index is 1760. The molecule has 0 aliphatic heterocycles. The number of hydrogen-bond donors (Lipinski definition) is 1. The molecule has 2 aromatic heterocycles. The predicted octanol–water partition coefficient (Wildman–Crippen LogP) is 10.6. The average Bonchev–Trinajstić information content (AvgIpc) is 3.33. The van der Waals surface area contributed by atoms with Crippen LogP contribution in [0.5, 0.6) is 0 Å². The predicted molar refractivity (Wildman–Crippen MR) is 175 cm³/mol. The zero-order valence-electron chi connectivity index (χ0n) is 25.4. The van der Waals surface area contributed by atoms with Gasteiger partial charge in [0.15, 0.2) is 5.78 Å². The van der Waals surface area contributed by atoms with E-state index >= 15 is 0 Å². The second-order valence-corrected chi connectivity index (χ2v) is 12.7. The minimum Gasteiger partial charge on any atom is -0.512 e. The molecule has 3 nitrogen and oxygen atoms in total. The molecule has 0 spiro atoms. The Hall–Kier alpha value is -2.85. The monoisotopic (exact) mass is 755 g/mol. The van der Waals surface area contributed by atoms with Gasteiger partial charge in [0.25, 0.3) is 0 Å². The molecule has 2 heterocycles. The van der Waals surface area contributed by atoms with Gasteiger partial charge in [-0.25, -0.2) is 0 Å². The van der Waals surface area contributed by atoms with Gasteiger partial charge in [0.2, 0.25) is 0 Å². The van der Waals surface area contributed by atoms with Gasteiger partial charge in [-0.15, -0.1) is 23.8 Å². The van der Waals surface area contributed by atoms with E-state index in [1.54, 1.807) is 0 Å². The topological polar surface area (TPSA) is 50.2 Å². The van der Waals surface area contributed by atoms with Gasteiger partial charge in [-0.3, -0.25) is 9.78 Å². The zero-order valence-corrected chi connectivity index (χ0v) is 28.6. The van der Waals surface area contributed by atoms with Gasteiger partial charge in [0, 0.05) is 48.1 Å². The first kappa shape index (κ1) is 32.1. The van der Waals surface area contributed by atoms with Crippen LogP contribution in [0.2, 0.25) is 0 Å². The van der Waals surface area contributed by atoms with E-state index in [0.717, 1.165) is 42.5 Å². The van der Waals surface area contributed by atoms with Gasteiger partial charge in [0.05, 0.1) is 11.3 Å².